The van der Waals surface area contributed by atoms with E-state index in [0.717, 1.165) is 17.9 Å². The van der Waals surface area contributed by atoms with Crippen molar-refractivity contribution in [1.82, 2.24) is 5.32 Å². The molecule has 3 nitrogen and oxygen atoms in total. The molecule has 17 heavy (non-hydrogen) atoms. The standard InChI is InChI=1S/C14H23NO2/c1-5-15-11(3)12-7-8-14(17-6-2)13(9-12)10-16-4/h7-9,11,15H,5-6,10H2,1-4H3. The average Bonchev–Trinajstić information content (AvgIpc) is 2.32. The lowest BCUT2D eigenvalue weighted by Gasteiger charge is -2.16. The van der Waals surface area contributed by atoms with Gasteiger partial charge in [-0.1, -0.05) is 13.0 Å². The maximum atomic E-state index is 5.58. The zero-order valence-electron chi connectivity index (χ0n) is 11.2. The summed E-state index contributed by atoms with van der Waals surface area (Å²) in [4.78, 5) is 0. The lowest BCUT2D eigenvalue weighted by Crippen LogP contribution is -2.17. The second-order valence-corrected chi connectivity index (χ2v) is 4.01. The molecule has 0 aliphatic carbocycles. The van der Waals surface area contributed by atoms with Gasteiger partial charge in [-0.2, -0.15) is 0 Å². The van der Waals surface area contributed by atoms with E-state index in [9.17, 15) is 0 Å². The number of ether oxygens (including phenoxy) is 2. The molecule has 0 fully saturated rings. The van der Waals surface area contributed by atoms with E-state index in [1.54, 1.807) is 7.11 Å². The molecular weight excluding hydrogens is 214 g/mol. The first-order valence-corrected chi connectivity index (χ1v) is 6.20. The van der Waals surface area contributed by atoms with Crippen LogP contribution in [0.4, 0.5) is 0 Å². The fourth-order valence-electron chi connectivity index (χ4n) is 1.86. The fraction of sp³-hybridized carbons (Fsp3) is 0.571. The number of hydrogen-bond acceptors (Lipinski definition) is 3. The van der Waals surface area contributed by atoms with Crippen molar-refractivity contribution in [1.29, 1.82) is 0 Å². The highest BCUT2D eigenvalue weighted by atomic mass is 16.5. The molecule has 1 rings (SSSR count). The van der Waals surface area contributed by atoms with E-state index in [1.165, 1.54) is 5.56 Å². The molecule has 0 radical (unpaired) electrons. The molecule has 1 unspecified atom stereocenters. The summed E-state index contributed by atoms with van der Waals surface area (Å²) in [5.74, 6) is 0.918. The zero-order valence-corrected chi connectivity index (χ0v) is 11.2. The van der Waals surface area contributed by atoms with E-state index in [-0.39, 0.29) is 0 Å². The van der Waals surface area contributed by atoms with E-state index >= 15 is 0 Å². The summed E-state index contributed by atoms with van der Waals surface area (Å²) in [6, 6.07) is 6.65. The summed E-state index contributed by atoms with van der Waals surface area (Å²) in [6.07, 6.45) is 0. The van der Waals surface area contributed by atoms with Crippen LogP contribution >= 0.6 is 0 Å². The number of rotatable bonds is 7. The minimum atomic E-state index is 0.353. The van der Waals surface area contributed by atoms with E-state index in [2.05, 4.69) is 31.3 Å². The molecule has 1 N–H and O–H groups in total. The second-order valence-electron chi connectivity index (χ2n) is 4.01. The Morgan fingerprint density at radius 2 is 2.06 bits per heavy atom. The van der Waals surface area contributed by atoms with Crippen LogP contribution in [0.1, 0.15) is 37.9 Å². The van der Waals surface area contributed by atoms with Gasteiger partial charge in [0, 0.05) is 18.7 Å². The van der Waals surface area contributed by atoms with Crippen molar-refractivity contribution in [3.05, 3.63) is 29.3 Å². The lowest BCUT2D eigenvalue weighted by atomic mass is 10.0. The normalized spacial score (nSPS) is 12.5. The first-order valence-electron chi connectivity index (χ1n) is 6.20. The average molecular weight is 237 g/mol. The van der Waals surface area contributed by atoms with Crippen LogP contribution in [0.3, 0.4) is 0 Å². The Labute approximate surface area is 104 Å². The van der Waals surface area contributed by atoms with E-state index in [4.69, 9.17) is 9.47 Å². The van der Waals surface area contributed by atoms with Crippen LogP contribution in [-0.2, 0) is 11.3 Å². The molecule has 0 amide bonds. The molecule has 0 bridgehead atoms. The van der Waals surface area contributed by atoms with Crippen molar-refractivity contribution in [3.8, 4) is 5.75 Å². The highest BCUT2D eigenvalue weighted by Gasteiger charge is 2.09. The largest absolute Gasteiger partial charge is 0.494 e. The van der Waals surface area contributed by atoms with Gasteiger partial charge in [-0.25, -0.2) is 0 Å². The highest BCUT2D eigenvalue weighted by Crippen LogP contribution is 2.24. The lowest BCUT2D eigenvalue weighted by molar-refractivity contribution is 0.180. The van der Waals surface area contributed by atoms with Crippen molar-refractivity contribution in [2.75, 3.05) is 20.3 Å². The third kappa shape index (κ3) is 4.02. The van der Waals surface area contributed by atoms with Crippen LogP contribution in [0.2, 0.25) is 0 Å². The molecule has 0 aliphatic heterocycles. The van der Waals surface area contributed by atoms with Crippen molar-refractivity contribution in [3.63, 3.8) is 0 Å². The van der Waals surface area contributed by atoms with Crippen LogP contribution in [-0.4, -0.2) is 20.3 Å². The predicted molar refractivity (Wildman–Crippen MR) is 70.4 cm³/mol. The molecule has 0 heterocycles. The van der Waals surface area contributed by atoms with Crippen LogP contribution in [0, 0.1) is 0 Å². The van der Waals surface area contributed by atoms with Gasteiger partial charge < -0.3 is 14.8 Å². The van der Waals surface area contributed by atoms with E-state index in [0.29, 0.717) is 19.3 Å². The van der Waals surface area contributed by atoms with Crippen LogP contribution < -0.4 is 10.1 Å². The minimum absolute atomic E-state index is 0.353. The van der Waals surface area contributed by atoms with Gasteiger partial charge in [0.1, 0.15) is 5.75 Å². The van der Waals surface area contributed by atoms with Gasteiger partial charge in [0.2, 0.25) is 0 Å². The van der Waals surface area contributed by atoms with E-state index in [1.807, 2.05) is 13.0 Å². The molecule has 0 saturated carbocycles. The quantitative estimate of drug-likeness (QED) is 0.791. The van der Waals surface area contributed by atoms with Crippen molar-refractivity contribution >= 4 is 0 Å². The van der Waals surface area contributed by atoms with Gasteiger partial charge in [0.25, 0.3) is 0 Å². The third-order valence-corrected chi connectivity index (χ3v) is 2.69. The Morgan fingerprint density at radius 1 is 1.29 bits per heavy atom. The molecular formula is C14H23NO2. The molecule has 0 spiro atoms. The van der Waals surface area contributed by atoms with Gasteiger partial charge in [0.15, 0.2) is 0 Å². The fourth-order valence-corrected chi connectivity index (χ4v) is 1.86. The zero-order chi connectivity index (χ0) is 12.7. The van der Waals surface area contributed by atoms with Crippen molar-refractivity contribution in [2.45, 2.75) is 33.4 Å². The summed E-state index contributed by atoms with van der Waals surface area (Å²) in [5, 5.41) is 3.40. The maximum absolute atomic E-state index is 5.58. The minimum Gasteiger partial charge on any atom is -0.494 e. The molecule has 0 aliphatic rings. The predicted octanol–water partition coefficient (Wildman–Crippen LogP) is 2.90. The molecule has 0 saturated heterocycles. The Balaban J connectivity index is 2.91. The number of benzene rings is 1. The number of nitrogens with one attached hydrogen (secondary N) is 1. The first-order chi connectivity index (χ1) is 8.22. The van der Waals surface area contributed by atoms with Gasteiger partial charge >= 0.3 is 0 Å². The summed E-state index contributed by atoms with van der Waals surface area (Å²) >= 11 is 0. The maximum Gasteiger partial charge on any atom is 0.124 e. The van der Waals surface area contributed by atoms with Crippen LogP contribution in [0.25, 0.3) is 0 Å². The first kappa shape index (κ1) is 14.0. The summed E-state index contributed by atoms with van der Waals surface area (Å²) in [7, 11) is 1.70. The third-order valence-electron chi connectivity index (χ3n) is 2.69. The van der Waals surface area contributed by atoms with Crippen LogP contribution in [0.5, 0.6) is 5.75 Å². The molecule has 96 valence electrons. The summed E-state index contributed by atoms with van der Waals surface area (Å²) < 4.78 is 10.8. The molecule has 3 heteroatoms. The Hall–Kier alpha value is -1.06. The summed E-state index contributed by atoms with van der Waals surface area (Å²) in [5.41, 5.74) is 2.37. The van der Waals surface area contributed by atoms with Gasteiger partial charge in [0.05, 0.1) is 13.2 Å². The smallest absolute Gasteiger partial charge is 0.124 e. The number of hydrogen-bond donors (Lipinski definition) is 1. The molecule has 1 aromatic rings. The molecule has 1 aromatic carbocycles. The summed E-state index contributed by atoms with van der Waals surface area (Å²) in [6.45, 7) is 8.50. The van der Waals surface area contributed by atoms with Crippen molar-refractivity contribution < 1.29 is 9.47 Å². The Morgan fingerprint density at radius 3 is 2.65 bits per heavy atom. The van der Waals surface area contributed by atoms with Gasteiger partial charge in [-0.05, 0) is 38.1 Å². The van der Waals surface area contributed by atoms with Gasteiger partial charge in [-0.15, -0.1) is 0 Å². The SMILES string of the molecule is CCNC(C)c1ccc(OCC)c(COC)c1. The van der Waals surface area contributed by atoms with Crippen LogP contribution in [0.15, 0.2) is 18.2 Å². The van der Waals surface area contributed by atoms with Crippen molar-refractivity contribution in [2.24, 2.45) is 0 Å². The Bertz CT molecular complexity index is 339. The number of methoxy groups -OCH3 is 1. The Kier molecular flexibility index (Phi) is 6.01. The monoisotopic (exact) mass is 237 g/mol. The topological polar surface area (TPSA) is 30.5 Å². The van der Waals surface area contributed by atoms with E-state index < -0.39 is 0 Å². The van der Waals surface area contributed by atoms with Gasteiger partial charge in [-0.3, -0.25) is 0 Å². The molecule has 1 atom stereocenters. The second kappa shape index (κ2) is 7.30. The highest BCUT2D eigenvalue weighted by molar-refractivity contribution is 5.38. The molecule has 0 aromatic heterocycles.